The molecule has 2 amide bonds. The molecule has 3 atom stereocenters. The highest BCUT2D eigenvalue weighted by Gasteiger charge is 2.23. The van der Waals surface area contributed by atoms with Crippen LogP contribution in [0.5, 0.6) is 0 Å². The van der Waals surface area contributed by atoms with Crippen molar-refractivity contribution < 1.29 is 14.4 Å². The van der Waals surface area contributed by atoms with Crippen LogP contribution in [-0.2, 0) is 14.4 Å². The molecule has 0 aliphatic heterocycles. The van der Waals surface area contributed by atoms with Crippen LogP contribution < -0.4 is 10.6 Å². The fourth-order valence-corrected chi connectivity index (χ4v) is 5.21. The van der Waals surface area contributed by atoms with E-state index in [9.17, 15) is 14.4 Å². The van der Waals surface area contributed by atoms with E-state index < -0.39 is 0 Å². The molecule has 7 heteroatoms. The van der Waals surface area contributed by atoms with Crippen LogP contribution >= 0.6 is 21.6 Å². The number of nitrogens with one attached hydrogen (secondary N) is 2. The molecule has 0 aromatic heterocycles. The van der Waals surface area contributed by atoms with Gasteiger partial charge in [-0.25, -0.2) is 0 Å². The van der Waals surface area contributed by atoms with E-state index in [0.717, 1.165) is 19.3 Å². The number of hydrogen-bond acceptors (Lipinski definition) is 5. The Balaban J connectivity index is 4.06. The fraction of sp³-hybridized carbons (Fsp3) is 0.783. The zero-order chi connectivity index (χ0) is 23.2. The first-order valence-electron chi connectivity index (χ1n) is 11.1. The van der Waals surface area contributed by atoms with E-state index >= 15 is 0 Å². The highest BCUT2D eigenvalue weighted by molar-refractivity contribution is 8.77. The Kier molecular flexibility index (Phi) is 15.3. The fourth-order valence-electron chi connectivity index (χ4n) is 2.70. The molecule has 174 valence electrons. The standard InChI is InChI=1S/C23H42N2O3S2/c1-8-10-17(3)20(26)14-15-24-21(27)13-12-19(5)29-30-23(6,7)16-25-22(28)18(4)11-9-2/h8,10,17-19H,9,11-16H2,1-7H3,(H,24,27)(H,25,28). The number of carbonyl (C=O) groups excluding carboxylic acids is 3. The average molecular weight is 459 g/mol. The lowest BCUT2D eigenvalue weighted by Gasteiger charge is -2.26. The third-order valence-corrected chi connectivity index (χ3v) is 8.64. The van der Waals surface area contributed by atoms with E-state index in [1.807, 2.05) is 32.9 Å². The smallest absolute Gasteiger partial charge is 0.222 e. The van der Waals surface area contributed by atoms with Crippen molar-refractivity contribution in [1.82, 2.24) is 10.6 Å². The van der Waals surface area contributed by atoms with Gasteiger partial charge < -0.3 is 10.6 Å². The van der Waals surface area contributed by atoms with E-state index in [4.69, 9.17) is 0 Å². The van der Waals surface area contributed by atoms with Gasteiger partial charge in [-0.2, -0.15) is 0 Å². The number of Topliss-reactive ketones (excluding diaryl/α,β-unsaturated/α-hetero) is 1. The molecular formula is C23H42N2O3S2. The van der Waals surface area contributed by atoms with Crippen LogP contribution in [0.4, 0.5) is 0 Å². The summed E-state index contributed by atoms with van der Waals surface area (Å²) in [6.07, 6.45) is 7.28. The molecule has 0 saturated carbocycles. The van der Waals surface area contributed by atoms with Crippen LogP contribution in [-0.4, -0.2) is 40.7 Å². The first-order chi connectivity index (χ1) is 14.0. The van der Waals surface area contributed by atoms with Crippen LogP contribution in [0.25, 0.3) is 0 Å². The molecule has 0 aliphatic carbocycles. The third kappa shape index (κ3) is 14.1. The van der Waals surface area contributed by atoms with Crippen molar-refractivity contribution in [2.45, 2.75) is 90.6 Å². The van der Waals surface area contributed by atoms with Crippen molar-refractivity contribution in [3.05, 3.63) is 12.2 Å². The second kappa shape index (κ2) is 15.8. The van der Waals surface area contributed by atoms with Gasteiger partial charge in [0.25, 0.3) is 0 Å². The molecule has 0 radical (unpaired) electrons. The minimum absolute atomic E-state index is 0.00429. The summed E-state index contributed by atoms with van der Waals surface area (Å²) in [5.41, 5.74) is 0. The number of carbonyl (C=O) groups is 3. The van der Waals surface area contributed by atoms with Crippen LogP contribution in [0.1, 0.15) is 80.6 Å². The molecule has 5 nitrogen and oxygen atoms in total. The van der Waals surface area contributed by atoms with E-state index in [1.165, 1.54) is 0 Å². The summed E-state index contributed by atoms with van der Waals surface area (Å²) in [5, 5.41) is 6.23. The zero-order valence-corrected chi connectivity index (χ0v) is 21.5. The molecule has 0 rings (SSSR count). The summed E-state index contributed by atoms with van der Waals surface area (Å²) in [6.45, 7) is 15.2. The maximum absolute atomic E-state index is 12.1. The van der Waals surface area contributed by atoms with Crippen molar-refractivity contribution in [2.75, 3.05) is 13.1 Å². The van der Waals surface area contributed by atoms with Crippen LogP contribution in [0.2, 0.25) is 0 Å². The van der Waals surface area contributed by atoms with Gasteiger partial charge in [0.05, 0.1) is 0 Å². The Hall–Kier alpha value is -0.950. The molecule has 0 aromatic carbocycles. The molecule has 2 N–H and O–H groups in total. The molecule has 0 aliphatic rings. The Morgan fingerprint density at radius 3 is 2.30 bits per heavy atom. The van der Waals surface area contributed by atoms with E-state index in [0.29, 0.717) is 31.2 Å². The number of amides is 2. The van der Waals surface area contributed by atoms with Crippen LogP contribution in [0, 0.1) is 11.8 Å². The van der Waals surface area contributed by atoms with Gasteiger partial charge in [0.1, 0.15) is 5.78 Å². The average Bonchev–Trinajstić information content (AvgIpc) is 2.69. The lowest BCUT2D eigenvalue weighted by Crippen LogP contribution is -2.38. The molecule has 0 heterocycles. The molecule has 0 aromatic rings. The molecular weight excluding hydrogens is 416 g/mol. The molecule has 0 spiro atoms. The SMILES string of the molecule is CC=CC(C)C(=O)CCNC(=O)CCC(C)SSC(C)(C)CNC(=O)C(C)CCC. The van der Waals surface area contributed by atoms with Crippen molar-refractivity contribution in [1.29, 1.82) is 0 Å². The van der Waals surface area contributed by atoms with Crippen molar-refractivity contribution >= 4 is 39.2 Å². The lowest BCUT2D eigenvalue weighted by molar-refractivity contribution is -0.125. The Bertz CT molecular complexity index is 565. The molecule has 0 saturated heterocycles. The predicted octanol–water partition coefficient (Wildman–Crippen LogP) is 5.16. The number of ketones is 1. The first kappa shape index (κ1) is 29.1. The quantitative estimate of drug-likeness (QED) is 0.247. The van der Waals surface area contributed by atoms with Crippen LogP contribution in [0.15, 0.2) is 12.2 Å². The monoisotopic (exact) mass is 458 g/mol. The summed E-state index contributed by atoms with van der Waals surface area (Å²) in [6, 6.07) is 0. The largest absolute Gasteiger partial charge is 0.356 e. The topological polar surface area (TPSA) is 75.3 Å². The van der Waals surface area contributed by atoms with Gasteiger partial charge in [0.2, 0.25) is 11.8 Å². The lowest BCUT2D eigenvalue weighted by atomic mass is 10.0. The Labute approximate surface area is 191 Å². The summed E-state index contributed by atoms with van der Waals surface area (Å²) in [7, 11) is 3.51. The van der Waals surface area contributed by atoms with Gasteiger partial charge in [-0.15, -0.1) is 0 Å². The van der Waals surface area contributed by atoms with Gasteiger partial charge in [-0.3, -0.25) is 14.4 Å². The maximum Gasteiger partial charge on any atom is 0.222 e. The van der Waals surface area contributed by atoms with Gasteiger partial charge in [-0.05, 0) is 33.6 Å². The van der Waals surface area contributed by atoms with Gasteiger partial charge in [0.15, 0.2) is 0 Å². The number of hydrogen-bond donors (Lipinski definition) is 2. The summed E-state index contributed by atoms with van der Waals surface area (Å²) < 4.78 is -0.0766. The molecule has 3 unspecified atom stereocenters. The van der Waals surface area contributed by atoms with Gasteiger partial charge >= 0.3 is 0 Å². The minimum atomic E-state index is -0.0941. The zero-order valence-electron chi connectivity index (χ0n) is 19.9. The maximum atomic E-state index is 12.1. The van der Waals surface area contributed by atoms with Gasteiger partial charge in [0, 0.05) is 47.8 Å². The molecule has 0 fully saturated rings. The first-order valence-corrected chi connectivity index (χ1v) is 13.3. The van der Waals surface area contributed by atoms with Crippen molar-refractivity contribution in [3.8, 4) is 0 Å². The Morgan fingerprint density at radius 1 is 1.03 bits per heavy atom. The molecule has 30 heavy (non-hydrogen) atoms. The summed E-state index contributed by atoms with van der Waals surface area (Å²) >= 11 is 0. The van der Waals surface area contributed by atoms with Crippen molar-refractivity contribution in [2.24, 2.45) is 11.8 Å². The normalized spacial score (nSPS) is 14.9. The van der Waals surface area contributed by atoms with Gasteiger partial charge in [-0.1, -0.05) is 67.9 Å². The van der Waals surface area contributed by atoms with E-state index in [2.05, 4.69) is 38.3 Å². The van der Waals surface area contributed by atoms with E-state index in [-0.39, 0.29) is 34.2 Å². The number of allylic oxidation sites excluding steroid dienone is 2. The summed E-state index contributed by atoms with van der Waals surface area (Å²) in [5.74, 6) is 0.229. The summed E-state index contributed by atoms with van der Waals surface area (Å²) in [4.78, 5) is 36.0. The van der Waals surface area contributed by atoms with Crippen LogP contribution in [0.3, 0.4) is 0 Å². The van der Waals surface area contributed by atoms with Crippen molar-refractivity contribution in [3.63, 3.8) is 0 Å². The predicted molar refractivity (Wildman–Crippen MR) is 132 cm³/mol. The van der Waals surface area contributed by atoms with E-state index in [1.54, 1.807) is 21.6 Å². The Morgan fingerprint density at radius 2 is 1.70 bits per heavy atom. The third-order valence-electron chi connectivity index (χ3n) is 4.76. The second-order valence-corrected chi connectivity index (χ2v) is 11.9. The highest BCUT2D eigenvalue weighted by Crippen LogP contribution is 2.39. The molecule has 0 bridgehead atoms. The second-order valence-electron chi connectivity index (χ2n) is 8.58. The number of rotatable bonds is 16. The minimum Gasteiger partial charge on any atom is -0.356 e. The highest BCUT2D eigenvalue weighted by atomic mass is 33.1.